The molecule has 1 amide bonds. The maximum absolute atomic E-state index is 13.3. The van der Waals surface area contributed by atoms with Gasteiger partial charge >= 0.3 is 0 Å². The van der Waals surface area contributed by atoms with Crippen molar-refractivity contribution in [2.24, 2.45) is 0 Å². The molecule has 0 spiro atoms. The standard InChI is InChI=1S/C25H19NO2/c1-25-21-11-7-6-10-20(21)24(27)26(25)23-16-18(28-2)13-14-19(23)22(25)15-12-17-8-4-3-5-9-17/h3-11,13-14,16,22H,1-2H3/t22-,25-/m1/s1. The molecule has 2 heterocycles. The van der Waals surface area contributed by atoms with Crippen LogP contribution in [-0.2, 0) is 5.54 Å². The average Bonchev–Trinajstić information content (AvgIpc) is 3.12. The summed E-state index contributed by atoms with van der Waals surface area (Å²) in [6.45, 7) is 2.12. The third-order valence-electron chi connectivity index (χ3n) is 5.86. The number of methoxy groups -OCH3 is 1. The van der Waals surface area contributed by atoms with E-state index in [0.29, 0.717) is 0 Å². The van der Waals surface area contributed by atoms with E-state index in [9.17, 15) is 4.79 Å². The zero-order valence-electron chi connectivity index (χ0n) is 15.8. The lowest BCUT2D eigenvalue weighted by atomic mass is 9.79. The largest absolute Gasteiger partial charge is 0.497 e. The second kappa shape index (κ2) is 6.00. The van der Waals surface area contributed by atoms with E-state index in [0.717, 1.165) is 33.7 Å². The average molecular weight is 365 g/mol. The quantitative estimate of drug-likeness (QED) is 0.584. The lowest BCUT2D eigenvalue weighted by molar-refractivity contribution is 0.0982. The summed E-state index contributed by atoms with van der Waals surface area (Å²) in [5.74, 6) is 7.44. The summed E-state index contributed by atoms with van der Waals surface area (Å²) in [6, 6.07) is 23.8. The number of benzene rings is 3. The van der Waals surface area contributed by atoms with Gasteiger partial charge < -0.3 is 4.74 Å². The molecular formula is C25H19NO2. The molecule has 2 atom stereocenters. The highest BCUT2D eigenvalue weighted by atomic mass is 16.5. The van der Waals surface area contributed by atoms with Gasteiger partial charge in [-0.3, -0.25) is 9.69 Å². The van der Waals surface area contributed by atoms with Crippen LogP contribution in [0, 0.1) is 11.8 Å². The third-order valence-corrected chi connectivity index (χ3v) is 5.86. The molecule has 0 radical (unpaired) electrons. The molecule has 136 valence electrons. The van der Waals surface area contributed by atoms with Crippen LogP contribution in [0.4, 0.5) is 5.69 Å². The highest BCUT2D eigenvalue weighted by Crippen LogP contribution is 2.58. The zero-order valence-corrected chi connectivity index (χ0v) is 15.8. The van der Waals surface area contributed by atoms with Crippen LogP contribution in [0.15, 0.2) is 72.8 Å². The Balaban J connectivity index is 1.74. The maximum Gasteiger partial charge on any atom is 0.259 e. The SMILES string of the molecule is COc1ccc2c(c1)N1C(=O)c3ccccc3[C@]1(C)[C@@H]2C#Cc1ccccc1. The minimum Gasteiger partial charge on any atom is -0.497 e. The summed E-state index contributed by atoms with van der Waals surface area (Å²) in [7, 11) is 1.64. The van der Waals surface area contributed by atoms with Gasteiger partial charge in [-0.05, 0) is 42.3 Å². The van der Waals surface area contributed by atoms with Crippen molar-refractivity contribution in [1.82, 2.24) is 0 Å². The number of hydrogen-bond acceptors (Lipinski definition) is 2. The Morgan fingerprint density at radius 1 is 1.00 bits per heavy atom. The molecule has 0 saturated heterocycles. The van der Waals surface area contributed by atoms with Gasteiger partial charge in [-0.25, -0.2) is 0 Å². The Morgan fingerprint density at radius 2 is 1.75 bits per heavy atom. The van der Waals surface area contributed by atoms with Crippen molar-refractivity contribution in [2.45, 2.75) is 18.4 Å². The number of nitrogens with zero attached hydrogens (tertiary/aromatic N) is 1. The van der Waals surface area contributed by atoms with E-state index < -0.39 is 5.54 Å². The van der Waals surface area contributed by atoms with Gasteiger partial charge in [0, 0.05) is 17.2 Å². The molecule has 3 heteroatoms. The number of carbonyl (C=O) groups excluding carboxylic acids is 1. The van der Waals surface area contributed by atoms with E-state index in [1.54, 1.807) is 7.11 Å². The molecule has 0 bridgehead atoms. The molecule has 0 N–H and O–H groups in total. The minimum atomic E-state index is -0.538. The second-order valence-electron chi connectivity index (χ2n) is 7.33. The normalized spacial score (nSPS) is 21.4. The summed E-state index contributed by atoms with van der Waals surface area (Å²) in [5.41, 5.74) is 4.17. The highest BCUT2D eigenvalue weighted by molar-refractivity contribution is 6.14. The van der Waals surface area contributed by atoms with Crippen molar-refractivity contribution in [2.75, 3.05) is 12.0 Å². The Kier molecular flexibility index (Phi) is 3.57. The van der Waals surface area contributed by atoms with E-state index in [1.165, 1.54) is 0 Å². The highest BCUT2D eigenvalue weighted by Gasteiger charge is 2.57. The van der Waals surface area contributed by atoms with Crippen LogP contribution in [0.1, 0.15) is 39.9 Å². The number of carbonyl (C=O) groups is 1. The minimum absolute atomic E-state index is 0.0246. The van der Waals surface area contributed by atoms with Crippen molar-refractivity contribution in [3.63, 3.8) is 0 Å². The van der Waals surface area contributed by atoms with Gasteiger partial charge in [-0.2, -0.15) is 0 Å². The van der Waals surface area contributed by atoms with Crippen LogP contribution >= 0.6 is 0 Å². The molecular weight excluding hydrogens is 346 g/mol. The number of anilines is 1. The lowest BCUT2D eigenvalue weighted by Gasteiger charge is -2.32. The number of rotatable bonds is 1. The molecule has 3 nitrogen and oxygen atoms in total. The van der Waals surface area contributed by atoms with Crippen LogP contribution in [0.5, 0.6) is 5.75 Å². The van der Waals surface area contributed by atoms with Crippen molar-refractivity contribution >= 4 is 11.6 Å². The Labute approximate surface area is 164 Å². The predicted octanol–water partition coefficient (Wildman–Crippen LogP) is 4.72. The van der Waals surface area contributed by atoms with E-state index in [-0.39, 0.29) is 11.8 Å². The van der Waals surface area contributed by atoms with Crippen LogP contribution in [0.3, 0.4) is 0 Å². The molecule has 0 saturated carbocycles. The van der Waals surface area contributed by atoms with Crippen LogP contribution in [0.2, 0.25) is 0 Å². The summed E-state index contributed by atoms with van der Waals surface area (Å²) in [6.07, 6.45) is 0. The summed E-state index contributed by atoms with van der Waals surface area (Å²) in [5, 5.41) is 0. The third kappa shape index (κ3) is 2.15. The first kappa shape index (κ1) is 16.6. The Bertz CT molecular complexity index is 1160. The Hall–Kier alpha value is -3.51. The first-order valence-electron chi connectivity index (χ1n) is 9.33. The second-order valence-corrected chi connectivity index (χ2v) is 7.33. The fourth-order valence-corrected chi connectivity index (χ4v) is 4.49. The van der Waals surface area contributed by atoms with Gasteiger partial charge in [0.15, 0.2) is 0 Å². The molecule has 28 heavy (non-hydrogen) atoms. The van der Waals surface area contributed by atoms with Crippen LogP contribution < -0.4 is 9.64 Å². The molecule has 3 aromatic rings. The smallest absolute Gasteiger partial charge is 0.259 e. The summed E-state index contributed by atoms with van der Waals surface area (Å²) >= 11 is 0. The lowest BCUT2D eigenvalue weighted by Crippen LogP contribution is -2.40. The first-order chi connectivity index (χ1) is 13.6. The molecule has 0 aromatic heterocycles. The maximum atomic E-state index is 13.3. The summed E-state index contributed by atoms with van der Waals surface area (Å²) in [4.78, 5) is 15.2. The molecule has 0 fully saturated rings. The van der Waals surface area contributed by atoms with Crippen LogP contribution in [-0.4, -0.2) is 13.0 Å². The van der Waals surface area contributed by atoms with E-state index >= 15 is 0 Å². The van der Waals surface area contributed by atoms with Crippen LogP contribution in [0.25, 0.3) is 0 Å². The van der Waals surface area contributed by atoms with E-state index in [2.05, 4.69) is 18.8 Å². The van der Waals surface area contributed by atoms with Gasteiger partial charge in [0.2, 0.25) is 0 Å². The molecule has 0 unspecified atom stereocenters. The van der Waals surface area contributed by atoms with E-state index in [4.69, 9.17) is 4.74 Å². The summed E-state index contributed by atoms with van der Waals surface area (Å²) < 4.78 is 5.42. The fraction of sp³-hybridized carbons (Fsp3) is 0.160. The van der Waals surface area contributed by atoms with Crippen molar-refractivity contribution in [3.8, 4) is 17.6 Å². The number of ether oxygens (including phenoxy) is 1. The van der Waals surface area contributed by atoms with Gasteiger partial charge in [0.05, 0.1) is 24.3 Å². The van der Waals surface area contributed by atoms with Gasteiger partial charge in [-0.15, -0.1) is 0 Å². The molecule has 2 aliphatic rings. The van der Waals surface area contributed by atoms with Crippen molar-refractivity contribution in [3.05, 3.63) is 95.1 Å². The zero-order chi connectivity index (χ0) is 19.3. The van der Waals surface area contributed by atoms with Gasteiger partial charge in [0.1, 0.15) is 5.75 Å². The predicted molar refractivity (Wildman–Crippen MR) is 110 cm³/mol. The Morgan fingerprint density at radius 3 is 2.54 bits per heavy atom. The molecule has 3 aromatic carbocycles. The monoisotopic (exact) mass is 365 g/mol. The number of amides is 1. The number of hydrogen-bond donors (Lipinski definition) is 0. The topological polar surface area (TPSA) is 29.5 Å². The van der Waals surface area contributed by atoms with Gasteiger partial charge in [-0.1, -0.05) is 54.3 Å². The molecule has 0 aliphatic carbocycles. The van der Waals surface area contributed by atoms with Crippen molar-refractivity contribution < 1.29 is 9.53 Å². The molecule has 5 rings (SSSR count). The fourth-order valence-electron chi connectivity index (χ4n) is 4.49. The number of fused-ring (bicyclic) bond motifs is 5. The molecule has 2 aliphatic heterocycles. The van der Waals surface area contributed by atoms with Gasteiger partial charge in [0.25, 0.3) is 5.91 Å². The first-order valence-corrected chi connectivity index (χ1v) is 9.33. The van der Waals surface area contributed by atoms with Crippen molar-refractivity contribution in [1.29, 1.82) is 0 Å². The van der Waals surface area contributed by atoms with E-state index in [1.807, 2.05) is 77.7 Å².